The third-order valence-corrected chi connectivity index (χ3v) is 4.05. The minimum absolute atomic E-state index is 0.00451. The highest BCUT2D eigenvalue weighted by Crippen LogP contribution is 2.28. The largest absolute Gasteiger partial charge is 0.494 e. The number of anilines is 2. The number of sulfonamides is 1. The second-order valence-corrected chi connectivity index (χ2v) is 5.79. The zero-order chi connectivity index (χ0) is 15.6. The minimum atomic E-state index is -4.19. The van der Waals surface area contributed by atoms with E-state index < -0.39 is 26.6 Å². The number of benzene rings is 2. The summed E-state index contributed by atoms with van der Waals surface area (Å²) in [6, 6.07) is 6.46. The van der Waals surface area contributed by atoms with Crippen LogP contribution in [0.4, 0.5) is 20.2 Å². The fourth-order valence-corrected chi connectivity index (χ4v) is 2.82. The quantitative estimate of drug-likeness (QED) is 0.849. The van der Waals surface area contributed by atoms with Crippen molar-refractivity contribution in [3.8, 4) is 5.75 Å². The molecule has 2 aromatic rings. The summed E-state index contributed by atoms with van der Waals surface area (Å²) in [5.41, 5.74) is 5.47. The molecule has 0 aliphatic carbocycles. The van der Waals surface area contributed by atoms with Gasteiger partial charge in [0.05, 0.1) is 12.8 Å². The standard InChI is InChI=1S/C13H12F2N2O3S/c1-20-12-6-8(14)2-4-11(12)17-21(18,19)13-5-3-9(16)7-10(13)15/h2-7,17H,16H2,1H3. The molecule has 8 heteroatoms. The highest BCUT2D eigenvalue weighted by Gasteiger charge is 2.21. The molecule has 2 aromatic carbocycles. The second kappa shape index (κ2) is 5.57. The van der Waals surface area contributed by atoms with Crippen LogP contribution in [-0.2, 0) is 10.0 Å². The summed E-state index contributed by atoms with van der Waals surface area (Å²) < 4.78 is 58.1. The lowest BCUT2D eigenvalue weighted by Gasteiger charge is -2.12. The Labute approximate surface area is 120 Å². The van der Waals surface area contributed by atoms with E-state index >= 15 is 0 Å². The van der Waals surface area contributed by atoms with Crippen molar-refractivity contribution in [1.29, 1.82) is 0 Å². The van der Waals surface area contributed by atoms with Crippen molar-refractivity contribution >= 4 is 21.4 Å². The molecule has 0 amide bonds. The van der Waals surface area contributed by atoms with Gasteiger partial charge in [0.1, 0.15) is 22.3 Å². The number of methoxy groups -OCH3 is 1. The van der Waals surface area contributed by atoms with Crippen LogP contribution in [0.2, 0.25) is 0 Å². The fraction of sp³-hybridized carbons (Fsp3) is 0.0769. The van der Waals surface area contributed by atoms with E-state index in [1.807, 2.05) is 0 Å². The van der Waals surface area contributed by atoms with Gasteiger partial charge in [-0.15, -0.1) is 0 Å². The van der Waals surface area contributed by atoms with Crippen LogP contribution in [0.1, 0.15) is 0 Å². The Morgan fingerprint density at radius 2 is 1.86 bits per heavy atom. The zero-order valence-corrected chi connectivity index (χ0v) is 11.7. The highest BCUT2D eigenvalue weighted by atomic mass is 32.2. The fourth-order valence-electron chi connectivity index (χ4n) is 1.68. The van der Waals surface area contributed by atoms with Gasteiger partial charge < -0.3 is 10.5 Å². The van der Waals surface area contributed by atoms with Crippen molar-refractivity contribution in [2.24, 2.45) is 0 Å². The number of nitrogens with two attached hydrogens (primary N) is 1. The molecule has 0 aliphatic heterocycles. The van der Waals surface area contributed by atoms with Gasteiger partial charge in [0, 0.05) is 11.8 Å². The van der Waals surface area contributed by atoms with Gasteiger partial charge in [0.25, 0.3) is 10.0 Å². The molecule has 0 fully saturated rings. The zero-order valence-electron chi connectivity index (χ0n) is 10.9. The van der Waals surface area contributed by atoms with Gasteiger partial charge >= 0.3 is 0 Å². The maximum atomic E-state index is 13.7. The average Bonchev–Trinajstić information content (AvgIpc) is 2.40. The first-order valence-electron chi connectivity index (χ1n) is 5.75. The minimum Gasteiger partial charge on any atom is -0.494 e. The van der Waals surface area contributed by atoms with Crippen molar-refractivity contribution < 1.29 is 21.9 Å². The number of nitrogens with one attached hydrogen (secondary N) is 1. The van der Waals surface area contributed by atoms with E-state index in [9.17, 15) is 17.2 Å². The molecule has 3 N–H and O–H groups in total. The molecule has 112 valence electrons. The molecule has 0 heterocycles. The van der Waals surface area contributed by atoms with Crippen molar-refractivity contribution in [3.05, 3.63) is 48.0 Å². The molecule has 0 saturated carbocycles. The Morgan fingerprint density at radius 1 is 1.14 bits per heavy atom. The molecular formula is C13H12F2N2O3S. The molecule has 2 rings (SSSR count). The van der Waals surface area contributed by atoms with E-state index in [0.29, 0.717) is 0 Å². The van der Waals surface area contributed by atoms with Gasteiger partial charge in [-0.2, -0.15) is 0 Å². The topological polar surface area (TPSA) is 81.4 Å². The predicted octanol–water partition coefficient (Wildman–Crippen LogP) is 2.36. The van der Waals surface area contributed by atoms with E-state index in [1.54, 1.807) is 0 Å². The maximum absolute atomic E-state index is 13.7. The Balaban J connectivity index is 2.42. The van der Waals surface area contributed by atoms with Crippen molar-refractivity contribution in [2.45, 2.75) is 4.90 Å². The molecule has 5 nitrogen and oxygen atoms in total. The number of nitrogen functional groups attached to an aromatic ring is 1. The smallest absolute Gasteiger partial charge is 0.264 e. The molecule has 21 heavy (non-hydrogen) atoms. The number of ether oxygens (including phenoxy) is 1. The van der Waals surface area contributed by atoms with Gasteiger partial charge in [0.15, 0.2) is 0 Å². The van der Waals surface area contributed by atoms with Crippen LogP contribution in [0.3, 0.4) is 0 Å². The highest BCUT2D eigenvalue weighted by molar-refractivity contribution is 7.92. The summed E-state index contributed by atoms with van der Waals surface area (Å²) >= 11 is 0. The van der Waals surface area contributed by atoms with Gasteiger partial charge in [-0.05, 0) is 30.3 Å². The Hall–Kier alpha value is -2.35. The number of halogens is 2. The molecule has 0 atom stereocenters. The number of hydrogen-bond donors (Lipinski definition) is 2. The van der Waals surface area contributed by atoms with E-state index in [0.717, 1.165) is 24.3 Å². The molecule has 0 aliphatic rings. The van der Waals surface area contributed by atoms with Crippen LogP contribution in [0.5, 0.6) is 5.75 Å². The molecule has 0 radical (unpaired) electrons. The molecule has 0 bridgehead atoms. The van der Waals surface area contributed by atoms with Crippen LogP contribution < -0.4 is 15.2 Å². The van der Waals surface area contributed by atoms with Crippen molar-refractivity contribution in [1.82, 2.24) is 0 Å². The molecule has 0 aromatic heterocycles. The van der Waals surface area contributed by atoms with E-state index in [4.69, 9.17) is 10.5 Å². The summed E-state index contributed by atoms with van der Waals surface area (Å²) in [4.78, 5) is -0.567. The van der Waals surface area contributed by atoms with Gasteiger partial charge in [-0.1, -0.05) is 0 Å². The van der Waals surface area contributed by atoms with E-state index in [2.05, 4.69) is 4.72 Å². The summed E-state index contributed by atoms with van der Waals surface area (Å²) in [6.07, 6.45) is 0. The first-order valence-corrected chi connectivity index (χ1v) is 7.23. The summed E-state index contributed by atoms with van der Waals surface area (Å²) in [6.45, 7) is 0. The molecule has 0 unspecified atom stereocenters. The van der Waals surface area contributed by atoms with E-state index in [1.165, 1.54) is 19.2 Å². The van der Waals surface area contributed by atoms with Crippen LogP contribution in [0.15, 0.2) is 41.3 Å². The van der Waals surface area contributed by atoms with E-state index in [-0.39, 0.29) is 17.1 Å². The SMILES string of the molecule is COc1cc(F)ccc1NS(=O)(=O)c1ccc(N)cc1F. The Morgan fingerprint density at radius 3 is 2.48 bits per heavy atom. The van der Waals surface area contributed by atoms with Crippen molar-refractivity contribution in [2.75, 3.05) is 17.6 Å². The van der Waals surface area contributed by atoms with Crippen LogP contribution in [0, 0.1) is 11.6 Å². The lowest BCUT2D eigenvalue weighted by molar-refractivity contribution is 0.413. The normalized spacial score (nSPS) is 11.2. The van der Waals surface area contributed by atoms with Gasteiger partial charge in [-0.3, -0.25) is 4.72 Å². The van der Waals surface area contributed by atoms with Gasteiger partial charge in [0.2, 0.25) is 0 Å². The monoisotopic (exact) mass is 314 g/mol. The van der Waals surface area contributed by atoms with Crippen LogP contribution in [0.25, 0.3) is 0 Å². The molecular weight excluding hydrogens is 302 g/mol. The molecule has 0 saturated heterocycles. The predicted molar refractivity (Wildman–Crippen MR) is 74.6 cm³/mol. The average molecular weight is 314 g/mol. The Kier molecular flexibility index (Phi) is 3.99. The number of hydrogen-bond acceptors (Lipinski definition) is 4. The van der Waals surface area contributed by atoms with Crippen LogP contribution >= 0.6 is 0 Å². The summed E-state index contributed by atoms with van der Waals surface area (Å²) in [7, 11) is -2.93. The first kappa shape index (κ1) is 15.0. The third kappa shape index (κ3) is 3.22. The summed E-state index contributed by atoms with van der Waals surface area (Å²) in [5, 5.41) is 0. The Bertz CT molecular complexity index is 779. The first-order chi connectivity index (χ1) is 9.83. The van der Waals surface area contributed by atoms with Crippen LogP contribution in [-0.4, -0.2) is 15.5 Å². The maximum Gasteiger partial charge on any atom is 0.264 e. The molecule has 0 spiro atoms. The lowest BCUT2D eigenvalue weighted by atomic mass is 10.3. The second-order valence-electron chi connectivity index (χ2n) is 4.14. The van der Waals surface area contributed by atoms with Gasteiger partial charge in [-0.25, -0.2) is 17.2 Å². The third-order valence-electron chi connectivity index (χ3n) is 2.65. The number of rotatable bonds is 4. The van der Waals surface area contributed by atoms with Crippen molar-refractivity contribution in [3.63, 3.8) is 0 Å². The summed E-state index contributed by atoms with van der Waals surface area (Å²) in [5.74, 6) is -1.59. The lowest BCUT2D eigenvalue weighted by Crippen LogP contribution is -2.15.